The highest BCUT2D eigenvalue weighted by atomic mass is 35.5. The maximum Gasteiger partial charge on any atom is 0.242 e. The fraction of sp³-hybridized carbons (Fsp3) is 0.500. The Hall–Kier alpha value is -2.58. The summed E-state index contributed by atoms with van der Waals surface area (Å²) in [5, 5.41) is 3.44. The number of nitrogens with one attached hydrogen (secondary N) is 1. The number of carbonyl (C=O) groups is 2. The molecule has 1 atom stereocenters. The second-order valence-electron chi connectivity index (χ2n) is 9.71. The molecular weight excluding hydrogens is 510 g/mol. The molecule has 204 valence electrons. The molecule has 0 aliphatic carbocycles. The van der Waals surface area contributed by atoms with Crippen molar-refractivity contribution in [2.24, 2.45) is 5.92 Å². The van der Waals surface area contributed by atoms with E-state index in [9.17, 15) is 18.0 Å². The summed E-state index contributed by atoms with van der Waals surface area (Å²) in [5.74, 6) is -0.0319. The minimum absolute atomic E-state index is 0.119. The zero-order valence-corrected chi connectivity index (χ0v) is 24.1. The number of anilines is 1. The summed E-state index contributed by atoms with van der Waals surface area (Å²) in [6.45, 7) is 8.79. The molecule has 1 N–H and O–H groups in total. The van der Waals surface area contributed by atoms with Crippen molar-refractivity contribution in [3.63, 3.8) is 0 Å². The Labute approximate surface area is 227 Å². The monoisotopic (exact) mass is 549 g/mol. The number of sulfonamides is 1. The predicted octanol–water partition coefficient (Wildman–Crippen LogP) is 4.82. The van der Waals surface area contributed by atoms with Gasteiger partial charge in [-0.15, -0.1) is 0 Å². The number of rotatable bonds is 14. The molecule has 37 heavy (non-hydrogen) atoms. The van der Waals surface area contributed by atoms with Gasteiger partial charge in [0.2, 0.25) is 21.8 Å². The third-order valence-corrected chi connectivity index (χ3v) is 7.80. The van der Waals surface area contributed by atoms with E-state index in [1.165, 1.54) is 4.31 Å². The van der Waals surface area contributed by atoms with Gasteiger partial charge in [-0.1, -0.05) is 68.8 Å². The van der Waals surface area contributed by atoms with E-state index >= 15 is 0 Å². The molecule has 9 heteroatoms. The highest BCUT2D eigenvalue weighted by Gasteiger charge is 2.28. The van der Waals surface area contributed by atoms with Crippen LogP contribution < -0.4 is 9.62 Å². The predicted molar refractivity (Wildman–Crippen MR) is 151 cm³/mol. The molecule has 0 radical (unpaired) electrons. The van der Waals surface area contributed by atoms with Gasteiger partial charge in [0.25, 0.3) is 0 Å². The first-order valence-corrected chi connectivity index (χ1v) is 15.0. The Morgan fingerprint density at radius 2 is 1.70 bits per heavy atom. The van der Waals surface area contributed by atoms with Crippen LogP contribution in [0.15, 0.2) is 48.5 Å². The lowest BCUT2D eigenvalue weighted by atomic mass is 10.1. The summed E-state index contributed by atoms with van der Waals surface area (Å²) in [4.78, 5) is 28.1. The van der Waals surface area contributed by atoms with Gasteiger partial charge >= 0.3 is 0 Å². The molecule has 0 aromatic heterocycles. The van der Waals surface area contributed by atoms with Crippen molar-refractivity contribution < 1.29 is 18.0 Å². The molecule has 0 spiro atoms. The molecule has 0 heterocycles. The van der Waals surface area contributed by atoms with Crippen LogP contribution in [0.5, 0.6) is 0 Å². The van der Waals surface area contributed by atoms with Crippen molar-refractivity contribution in [3.05, 3.63) is 64.7 Å². The zero-order valence-electron chi connectivity index (χ0n) is 22.5. The molecule has 0 aliphatic heterocycles. The second-order valence-corrected chi connectivity index (χ2v) is 12.0. The van der Waals surface area contributed by atoms with E-state index in [0.717, 1.165) is 11.8 Å². The fourth-order valence-electron chi connectivity index (χ4n) is 4.17. The molecule has 2 rings (SSSR count). The highest BCUT2D eigenvalue weighted by Crippen LogP contribution is 2.28. The Kier molecular flexibility index (Phi) is 11.9. The van der Waals surface area contributed by atoms with Crippen LogP contribution in [0, 0.1) is 12.8 Å². The first-order chi connectivity index (χ1) is 17.5. The minimum Gasteiger partial charge on any atom is -0.354 e. The molecule has 7 nitrogen and oxygen atoms in total. The van der Waals surface area contributed by atoms with Crippen LogP contribution in [-0.2, 0) is 26.0 Å². The largest absolute Gasteiger partial charge is 0.354 e. The van der Waals surface area contributed by atoms with Gasteiger partial charge in [-0.3, -0.25) is 13.9 Å². The van der Waals surface area contributed by atoms with Crippen molar-refractivity contribution in [2.45, 2.75) is 59.4 Å². The van der Waals surface area contributed by atoms with Crippen LogP contribution in [0.3, 0.4) is 0 Å². The second kappa shape index (κ2) is 14.4. The van der Waals surface area contributed by atoms with Crippen molar-refractivity contribution in [2.75, 3.05) is 30.2 Å². The number of carbonyl (C=O) groups excluding carboxylic acids is 2. The van der Waals surface area contributed by atoms with Crippen LogP contribution >= 0.6 is 11.6 Å². The van der Waals surface area contributed by atoms with Crippen LogP contribution in [0.4, 0.5) is 5.69 Å². The van der Waals surface area contributed by atoms with Gasteiger partial charge in [0.1, 0.15) is 6.04 Å². The summed E-state index contributed by atoms with van der Waals surface area (Å²) in [6, 6.07) is 14.4. The van der Waals surface area contributed by atoms with Crippen LogP contribution in [0.1, 0.15) is 51.2 Å². The summed E-state index contributed by atoms with van der Waals surface area (Å²) < 4.78 is 26.4. The minimum atomic E-state index is -3.59. The summed E-state index contributed by atoms with van der Waals surface area (Å²) in [6.07, 6.45) is 2.69. The molecule has 0 unspecified atom stereocenters. The maximum atomic E-state index is 13.5. The zero-order chi connectivity index (χ0) is 27.6. The van der Waals surface area contributed by atoms with Gasteiger partial charge in [-0.05, 0) is 55.4 Å². The molecule has 0 aliphatic rings. The lowest BCUT2D eigenvalue weighted by Crippen LogP contribution is -2.50. The van der Waals surface area contributed by atoms with Crippen molar-refractivity contribution in [1.82, 2.24) is 10.2 Å². The topological polar surface area (TPSA) is 86.8 Å². The SMILES string of the molecule is CC[C@@H](C(=O)NCC(C)C)N(CCc1ccccc1)C(=O)CCCN(c1cccc(Cl)c1C)S(C)(=O)=O. The summed E-state index contributed by atoms with van der Waals surface area (Å²) in [5.41, 5.74) is 2.25. The van der Waals surface area contributed by atoms with Crippen molar-refractivity contribution >= 4 is 39.1 Å². The van der Waals surface area contributed by atoms with Crippen LogP contribution in [-0.4, -0.2) is 57.1 Å². The Bertz CT molecular complexity index is 1140. The first-order valence-electron chi connectivity index (χ1n) is 12.8. The van der Waals surface area contributed by atoms with E-state index in [-0.39, 0.29) is 24.8 Å². The van der Waals surface area contributed by atoms with Crippen molar-refractivity contribution in [1.29, 1.82) is 0 Å². The number of benzene rings is 2. The highest BCUT2D eigenvalue weighted by molar-refractivity contribution is 7.92. The number of hydrogen-bond donors (Lipinski definition) is 1. The average Bonchev–Trinajstić information content (AvgIpc) is 2.84. The van der Waals surface area contributed by atoms with Crippen LogP contribution in [0.2, 0.25) is 5.02 Å². The third-order valence-electron chi connectivity index (χ3n) is 6.21. The summed E-state index contributed by atoms with van der Waals surface area (Å²) >= 11 is 6.22. The van der Waals surface area contributed by atoms with Gasteiger partial charge in [0.05, 0.1) is 11.9 Å². The Morgan fingerprint density at radius 1 is 1.03 bits per heavy atom. The fourth-order valence-corrected chi connectivity index (χ4v) is 5.35. The Morgan fingerprint density at radius 3 is 2.30 bits per heavy atom. The lowest BCUT2D eigenvalue weighted by molar-refractivity contribution is -0.140. The molecule has 0 fully saturated rings. The lowest BCUT2D eigenvalue weighted by Gasteiger charge is -2.31. The van der Waals surface area contributed by atoms with E-state index in [0.29, 0.717) is 54.5 Å². The average molecular weight is 550 g/mol. The molecule has 2 amide bonds. The summed E-state index contributed by atoms with van der Waals surface area (Å²) in [7, 11) is -3.59. The molecule has 0 saturated carbocycles. The molecule has 2 aromatic carbocycles. The van der Waals surface area contributed by atoms with Gasteiger partial charge in [0, 0.05) is 31.1 Å². The smallest absolute Gasteiger partial charge is 0.242 e. The normalized spacial score (nSPS) is 12.3. The van der Waals surface area contributed by atoms with Gasteiger partial charge < -0.3 is 10.2 Å². The quantitative estimate of drug-likeness (QED) is 0.366. The first kappa shape index (κ1) is 30.6. The van der Waals surface area contributed by atoms with E-state index in [1.807, 2.05) is 51.1 Å². The van der Waals surface area contributed by atoms with Gasteiger partial charge in [-0.25, -0.2) is 8.42 Å². The number of hydrogen-bond acceptors (Lipinski definition) is 4. The molecule has 2 aromatic rings. The number of amides is 2. The number of halogens is 1. The Balaban J connectivity index is 2.18. The van der Waals surface area contributed by atoms with Gasteiger partial charge in [0.15, 0.2) is 0 Å². The molecule has 0 saturated heterocycles. The maximum absolute atomic E-state index is 13.5. The van der Waals surface area contributed by atoms with E-state index < -0.39 is 16.1 Å². The van der Waals surface area contributed by atoms with E-state index in [2.05, 4.69) is 5.32 Å². The van der Waals surface area contributed by atoms with E-state index in [4.69, 9.17) is 11.6 Å². The molecule has 0 bridgehead atoms. The number of nitrogens with zero attached hydrogens (tertiary/aromatic N) is 2. The van der Waals surface area contributed by atoms with Crippen LogP contribution in [0.25, 0.3) is 0 Å². The third kappa shape index (κ3) is 9.34. The van der Waals surface area contributed by atoms with E-state index in [1.54, 1.807) is 30.0 Å². The molecular formula is C28H40ClN3O4S. The van der Waals surface area contributed by atoms with Crippen molar-refractivity contribution in [3.8, 4) is 0 Å². The standard InChI is InChI=1S/C28H40ClN3O4S/c1-6-25(28(34)30-20-21(2)3)31(19-17-23-12-8-7-9-13-23)27(33)16-11-18-32(37(5,35)36)26-15-10-14-24(29)22(26)4/h7-10,12-15,21,25H,6,11,16-20H2,1-5H3,(H,30,34)/t25-/m0/s1. The van der Waals surface area contributed by atoms with Gasteiger partial charge in [-0.2, -0.15) is 0 Å².